The number of nitrogens with one attached hydrogen (secondary N) is 1. The van der Waals surface area contributed by atoms with Gasteiger partial charge in [-0.3, -0.25) is 20.1 Å². The van der Waals surface area contributed by atoms with Gasteiger partial charge in [0.15, 0.2) is 11.5 Å². The van der Waals surface area contributed by atoms with Crippen LogP contribution < -0.4 is 0 Å². The van der Waals surface area contributed by atoms with Crippen molar-refractivity contribution in [1.29, 1.82) is 5.41 Å². The molecule has 23 heavy (non-hydrogen) atoms. The van der Waals surface area contributed by atoms with Crippen molar-refractivity contribution in [3.05, 3.63) is 34.9 Å². The van der Waals surface area contributed by atoms with E-state index >= 15 is 0 Å². The Morgan fingerprint density at radius 1 is 1.35 bits per heavy atom. The highest BCUT2D eigenvalue weighted by atomic mass is 35.5. The van der Waals surface area contributed by atoms with E-state index in [1.165, 1.54) is 0 Å². The summed E-state index contributed by atoms with van der Waals surface area (Å²) in [6, 6.07) is 7.24. The van der Waals surface area contributed by atoms with Gasteiger partial charge in [-0.1, -0.05) is 28.9 Å². The van der Waals surface area contributed by atoms with Crippen LogP contribution in [0.25, 0.3) is 0 Å². The van der Waals surface area contributed by atoms with Crippen molar-refractivity contribution in [2.75, 3.05) is 19.6 Å². The second-order valence-electron chi connectivity index (χ2n) is 5.39. The number of aliphatic imine (C=N–C) groups is 1. The average molecular weight is 334 g/mol. The number of benzene rings is 1. The van der Waals surface area contributed by atoms with Crippen molar-refractivity contribution >= 4 is 34.9 Å². The molecule has 7 nitrogen and oxygen atoms in total. The number of rotatable bonds is 2. The number of hydrogen-bond acceptors (Lipinski definition) is 6. The van der Waals surface area contributed by atoms with Crippen LogP contribution in [0.4, 0.5) is 0 Å². The molecule has 0 amide bonds. The number of amidine groups is 1. The minimum Gasteiger partial charge on any atom is -0.410 e. The van der Waals surface area contributed by atoms with Gasteiger partial charge in [-0.2, -0.15) is 0 Å². The molecule has 3 rings (SSSR count). The summed E-state index contributed by atoms with van der Waals surface area (Å²) in [4.78, 5) is 20.1. The predicted molar refractivity (Wildman–Crippen MR) is 87.4 cm³/mol. The van der Waals surface area contributed by atoms with Gasteiger partial charge in [0.1, 0.15) is 0 Å². The van der Waals surface area contributed by atoms with Gasteiger partial charge in [-0.25, -0.2) is 0 Å². The molecule has 0 saturated carbocycles. The molecule has 0 bridgehead atoms. The standard InChI is InChI=1S/C15H16ClN5O2/c16-11-4-2-10(3-5-11)8-21-14(17)13(19-23)12(22)9-20-7-1-6-18-15(20)21/h2-5,17,23H,1,6-9H2. The fraction of sp³-hybridized carbons (Fsp3) is 0.333. The zero-order chi connectivity index (χ0) is 16.4. The lowest BCUT2D eigenvalue weighted by molar-refractivity contribution is -0.113. The number of ketones is 1. The molecule has 0 unspecified atom stereocenters. The highest BCUT2D eigenvalue weighted by Crippen LogP contribution is 2.17. The smallest absolute Gasteiger partial charge is 0.207 e. The van der Waals surface area contributed by atoms with E-state index in [9.17, 15) is 4.79 Å². The second kappa shape index (κ2) is 6.37. The Labute approximate surface area is 138 Å². The largest absolute Gasteiger partial charge is 0.410 e. The first kappa shape index (κ1) is 15.5. The average Bonchev–Trinajstić information content (AvgIpc) is 2.64. The van der Waals surface area contributed by atoms with Gasteiger partial charge in [0, 0.05) is 18.1 Å². The number of oxime groups is 1. The first-order valence-corrected chi connectivity index (χ1v) is 7.63. The van der Waals surface area contributed by atoms with Crippen LogP contribution in [-0.4, -0.2) is 57.9 Å². The van der Waals surface area contributed by atoms with Crippen molar-refractivity contribution in [3.8, 4) is 0 Å². The van der Waals surface area contributed by atoms with Gasteiger partial charge in [-0.05, 0) is 24.1 Å². The van der Waals surface area contributed by atoms with Crippen LogP contribution in [-0.2, 0) is 11.3 Å². The number of halogens is 1. The minimum atomic E-state index is -0.384. The normalized spacial score (nSPS) is 20.4. The van der Waals surface area contributed by atoms with E-state index < -0.39 is 0 Å². The van der Waals surface area contributed by atoms with E-state index in [1.54, 1.807) is 17.0 Å². The van der Waals surface area contributed by atoms with Gasteiger partial charge in [-0.15, -0.1) is 0 Å². The van der Waals surface area contributed by atoms with E-state index in [-0.39, 0.29) is 23.9 Å². The quantitative estimate of drug-likeness (QED) is 0.635. The topological polar surface area (TPSA) is 92.3 Å². The molecule has 0 radical (unpaired) electrons. The Morgan fingerprint density at radius 3 is 2.78 bits per heavy atom. The molecule has 2 aliphatic rings. The summed E-state index contributed by atoms with van der Waals surface area (Å²) in [5.74, 6) is 0.0458. The summed E-state index contributed by atoms with van der Waals surface area (Å²) < 4.78 is 0. The molecule has 1 aromatic carbocycles. The van der Waals surface area contributed by atoms with E-state index in [0.29, 0.717) is 30.6 Å². The maximum Gasteiger partial charge on any atom is 0.207 e. The number of nitrogens with zero attached hydrogens (tertiary/aromatic N) is 4. The molecule has 1 fully saturated rings. The maximum atomic E-state index is 12.2. The summed E-state index contributed by atoms with van der Waals surface area (Å²) in [6.45, 7) is 1.75. The first-order valence-electron chi connectivity index (χ1n) is 7.25. The Balaban J connectivity index is 1.98. The van der Waals surface area contributed by atoms with E-state index in [4.69, 9.17) is 22.2 Å². The van der Waals surface area contributed by atoms with E-state index in [1.807, 2.05) is 17.0 Å². The lowest BCUT2D eigenvalue weighted by Gasteiger charge is -2.33. The zero-order valence-electron chi connectivity index (χ0n) is 12.4. The molecule has 2 heterocycles. The molecule has 2 N–H and O–H groups in total. The molecule has 0 atom stereocenters. The van der Waals surface area contributed by atoms with E-state index in [2.05, 4.69) is 10.1 Å². The number of fused-ring (bicyclic) bond motifs is 1. The van der Waals surface area contributed by atoms with Gasteiger partial charge in [0.2, 0.25) is 11.7 Å². The predicted octanol–water partition coefficient (Wildman–Crippen LogP) is 1.59. The number of carbonyl (C=O) groups is 1. The fourth-order valence-electron chi connectivity index (χ4n) is 2.68. The van der Waals surface area contributed by atoms with Crippen LogP contribution in [0.3, 0.4) is 0 Å². The van der Waals surface area contributed by atoms with Crippen molar-refractivity contribution in [1.82, 2.24) is 9.80 Å². The van der Waals surface area contributed by atoms with Gasteiger partial charge in [0.05, 0.1) is 13.1 Å². The first-order chi connectivity index (χ1) is 11.1. The van der Waals surface area contributed by atoms with Crippen molar-refractivity contribution in [3.63, 3.8) is 0 Å². The second-order valence-corrected chi connectivity index (χ2v) is 5.83. The van der Waals surface area contributed by atoms with Crippen LogP contribution in [0.15, 0.2) is 34.4 Å². The van der Waals surface area contributed by atoms with Gasteiger partial charge >= 0.3 is 0 Å². The fourth-order valence-corrected chi connectivity index (χ4v) is 2.81. The zero-order valence-corrected chi connectivity index (χ0v) is 13.1. The van der Waals surface area contributed by atoms with Gasteiger partial charge < -0.3 is 10.1 Å². The summed E-state index contributed by atoms with van der Waals surface area (Å²) in [7, 11) is 0. The molecule has 120 valence electrons. The summed E-state index contributed by atoms with van der Waals surface area (Å²) >= 11 is 5.90. The molecule has 1 aromatic rings. The SMILES string of the molecule is N=C1C(=NO)C(=O)CN2CCCN=C2N1Cc1ccc(Cl)cc1. The summed E-state index contributed by atoms with van der Waals surface area (Å²) in [5, 5.41) is 21.1. The molecule has 2 aliphatic heterocycles. The number of Topliss-reactive ketones (excluding diaryl/α,β-unsaturated/α-hetero) is 1. The Bertz CT molecular complexity index is 698. The van der Waals surface area contributed by atoms with Crippen LogP contribution in [0.1, 0.15) is 12.0 Å². The molecule has 1 saturated heterocycles. The monoisotopic (exact) mass is 333 g/mol. The third-order valence-corrected chi connectivity index (χ3v) is 4.06. The number of guanidine groups is 1. The Morgan fingerprint density at radius 2 is 2.09 bits per heavy atom. The van der Waals surface area contributed by atoms with Crippen LogP contribution in [0, 0.1) is 5.41 Å². The third kappa shape index (κ3) is 3.05. The van der Waals surface area contributed by atoms with Gasteiger partial charge in [0.25, 0.3) is 0 Å². The van der Waals surface area contributed by atoms with Crippen molar-refractivity contribution < 1.29 is 10.0 Å². The molecule has 0 aliphatic carbocycles. The van der Waals surface area contributed by atoms with Crippen LogP contribution in [0.5, 0.6) is 0 Å². The molecule has 0 aromatic heterocycles. The highest BCUT2D eigenvalue weighted by molar-refractivity contribution is 6.68. The van der Waals surface area contributed by atoms with Crippen molar-refractivity contribution in [2.24, 2.45) is 10.1 Å². The summed E-state index contributed by atoms with van der Waals surface area (Å²) in [5.41, 5.74) is 0.676. The lowest BCUT2D eigenvalue weighted by atomic mass is 10.2. The van der Waals surface area contributed by atoms with Crippen molar-refractivity contribution in [2.45, 2.75) is 13.0 Å². The maximum absolute atomic E-state index is 12.2. The number of carbonyl (C=O) groups excluding carboxylic acids is 1. The van der Waals surface area contributed by atoms with E-state index in [0.717, 1.165) is 12.0 Å². The van der Waals surface area contributed by atoms with Crippen LogP contribution >= 0.6 is 11.6 Å². The Hall–Kier alpha value is -2.41. The number of hydrogen-bond donors (Lipinski definition) is 2. The minimum absolute atomic E-state index is 0.0672. The molecule has 8 heteroatoms. The van der Waals surface area contributed by atoms with Crippen LogP contribution in [0.2, 0.25) is 5.02 Å². The Kier molecular flexibility index (Phi) is 4.29. The summed E-state index contributed by atoms with van der Waals surface area (Å²) in [6.07, 6.45) is 0.852. The molecular weight excluding hydrogens is 318 g/mol. The third-order valence-electron chi connectivity index (χ3n) is 3.81. The molecular formula is C15H16ClN5O2. The lowest BCUT2D eigenvalue weighted by Crippen LogP contribution is -2.47. The highest BCUT2D eigenvalue weighted by Gasteiger charge is 2.35. The molecule has 0 spiro atoms.